The van der Waals surface area contributed by atoms with Crippen LogP contribution in [0.4, 0.5) is 0 Å². The number of fused-ring (bicyclic) bond motifs is 2. The zero-order chi connectivity index (χ0) is 12.0. The van der Waals surface area contributed by atoms with E-state index in [-0.39, 0.29) is 12.2 Å². The SMILES string of the molecule is O=C1CC[C@]2(OC(=O)c3cccnc32)[C@H](O)C1. The Kier molecular flexibility index (Phi) is 2.06. The van der Waals surface area contributed by atoms with Gasteiger partial charge in [0, 0.05) is 25.5 Å². The maximum Gasteiger partial charge on any atom is 0.341 e. The van der Waals surface area contributed by atoms with Crippen LogP contribution in [0, 0.1) is 0 Å². The molecule has 2 aliphatic rings. The van der Waals surface area contributed by atoms with Crippen molar-refractivity contribution in [2.45, 2.75) is 31.0 Å². The second-order valence-corrected chi connectivity index (χ2v) is 4.44. The fourth-order valence-electron chi connectivity index (χ4n) is 2.55. The van der Waals surface area contributed by atoms with Gasteiger partial charge < -0.3 is 9.84 Å². The standard InChI is InChI=1S/C12H11NO4/c14-7-3-4-12(9(15)6-7)10-8(11(16)17-12)2-1-5-13-10/h1-2,5,9,15H,3-4,6H2/t9-,12+/m1/s1. The summed E-state index contributed by atoms with van der Waals surface area (Å²) in [7, 11) is 0. The predicted octanol–water partition coefficient (Wildman–Crippen LogP) is 0.561. The van der Waals surface area contributed by atoms with Crippen molar-refractivity contribution in [3.63, 3.8) is 0 Å². The van der Waals surface area contributed by atoms with Gasteiger partial charge in [0.1, 0.15) is 17.6 Å². The lowest BCUT2D eigenvalue weighted by Crippen LogP contribution is -2.45. The minimum absolute atomic E-state index is 0.0106. The third-order valence-corrected chi connectivity index (χ3v) is 3.44. The van der Waals surface area contributed by atoms with Gasteiger partial charge in [-0.05, 0) is 12.1 Å². The van der Waals surface area contributed by atoms with Gasteiger partial charge in [0.05, 0.1) is 5.56 Å². The van der Waals surface area contributed by atoms with Crippen LogP contribution in [0.1, 0.15) is 35.3 Å². The van der Waals surface area contributed by atoms with E-state index in [9.17, 15) is 14.7 Å². The number of pyridine rings is 1. The van der Waals surface area contributed by atoms with E-state index in [0.29, 0.717) is 24.1 Å². The number of hydrogen-bond acceptors (Lipinski definition) is 5. The Morgan fingerprint density at radius 2 is 2.29 bits per heavy atom. The van der Waals surface area contributed by atoms with Crippen molar-refractivity contribution in [3.8, 4) is 0 Å². The average molecular weight is 233 g/mol. The average Bonchev–Trinajstić information content (AvgIpc) is 2.60. The second kappa shape index (κ2) is 3.37. The van der Waals surface area contributed by atoms with Crippen LogP contribution in [-0.2, 0) is 15.1 Å². The molecule has 1 aromatic rings. The van der Waals surface area contributed by atoms with Gasteiger partial charge in [-0.1, -0.05) is 0 Å². The molecule has 1 aliphatic heterocycles. The first kappa shape index (κ1) is 10.4. The zero-order valence-corrected chi connectivity index (χ0v) is 9.05. The molecular weight excluding hydrogens is 222 g/mol. The Labute approximate surface area is 97.4 Å². The number of hydrogen-bond donors (Lipinski definition) is 1. The van der Waals surface area contributed by atoms with Crippen LogP contribution in [0.25, 0.3) is 0 Å². The van der Waals surface area contributed by atoms with E-state index in [1.807, 2.05) is 0 Å². The van der Waals surface area contributed by atoms with E-state index in [1.165, 1.54) is 0 Å². The van der Waals surface area contributed by atoms with Crippen LogP contribution in [0.2, 0.25) is 0 Å². The van der Waals surface area contributed by atoms with Gasteiger partial charge in [0.25, 0.3) is 0 Å². The number of ether oxygens (including phenoxy) is 1. The van der Waals surface area contributed by atoms with Gasteiger partial charge in [-0.3, -0.25) is 9.78 Å². The van der Waals surface area contributed by atoms with Crippen LogP contribution in [0.3, 0.4) is 0 Å². The second-order valence-electron chi connectivity index (χ2n) is 4.44. The number of ketones is 1. The molecule has 1 saturated carbocycles. The molecule has 0 radical (unpaired) electrons. The highest BCUT2D eigenvalue weighted by molar-refractivity contribution is 5.94. The molecule has 2 atom stereocenters. The first-order valence-corrected chi connectivity index (χ1v) is 5.52. The van der Waals surface area contributed by atoms with Crippen LogP contribution in [0.15, 0.2) is 18.3 Å². The third-order valence-electron chi connectivity index (χ3n) is 3.44. The summed E-state index contributed by atoms with van der Waals surface area (Å²) in [6.45, 7) is 0. The summed E-state index contributed by atoms with van der Waals surface area (Å²) in [6, 6.07) is 3.28. The van der Waals surface area contributed by atoms with Gasteiger partial charge in [-0.15, -0.1) is 0 Å². The number of Topliss-reactive ketones (excluding diaryl/α,β-unsaturated/α-hetero) is 1. The van der Waals surface area contributed by atoms with E-state index in [1.54, 1.807) is 18.3 Å². The largest absolute Gasteiger partial charge is 0.446 e. The highest BCUT2D eigenvalue weighted by atomic mass is 16.6. The molecule has 1 aliphatic carbocycles. The number of carbonyl (C=O) groups excluding carboxylic acids is 2. The van der Waals surface area contributed by atoms with Gasteiger partial charge in [0.2, 0.25) is 0 Å². The smallest absolute Gasteiger partial charge is 0.341 e. The Bertz CT molecular complexity index is 513. The van der Waals surface area contributed by atoms with Crippen LogP contribution >= 0.6 is 0 Å². The molecular formula is C12H11NO4. The molecule has 0 aromatic carbocycles. The molecule has 5 nitrogen and oxygen atoms in total. The lowest BCUT2D eigenvalue weighted by molar-refractivity contribution is -0.142. The van der Waals surface area contributed by atoms with Crippen molar-refractivity contribution in [1.82, 2.24) is 4.98 Å². The van der Waals surface area contributed by atoms with Crippen molar-refractivity contribution in [3.05, 3.63) is 29.6 Å². The first-order valence-electron chi connectivity index (χ1n) is 5.52. The Hall–Kier alpha value is -1.75. The molecule has 1 spiro atoms. The predicted molar refractivity (Wildman–Crippen MR) is 56.2 cm³/mol. The van der Waals surface area contributed by atoms with E-state index in [0.717, 1.165) is 0 Å². The molecule has 17 heavy (non-hydrogen) atoms. The number of aliphatic hydroxyl groups excluding tert-OH is 1. The molecule has 3 rings (SSSR count). The Morgan fingerprint density at radius 1 is 1.47 bits per heavy atom. The molecule has 0 unspecified atom stereocenters. The molecule has 5 heteroatoms. The summed E-state index contributed by atoms with van der Waals surface area (Å²) >= 11 is 0. The summed E-state index contributed by atoms with van der Waals surface area (Å²) in [4.78, 5) is 27.1. The maximum atomic E-state index is 11.7. The molecule has 88 valence electrons. The summed E-state index contributed by atoms with van der Waals surface area (Å²) in [5, 5.41) is 10.1. The lowest BCUT2D eigenvalue weighted by Gasteiger charge is -2.35. The Morgan fingerprint density at radius 3 is 3.06 bits per heavy atom. The topological polar surface area (TPSA) is 76.5 Å². The lowest BCUT2D eigenvalue weighted by atomic mass is 9.79. The van der Waals surface area contributed by atoms with Gasteiger partial charge in [-0.2, -0.15) is 0 Å². The maximum absolute atomic E-state index is 11.7. The molecule has 2 heterocycles. The van der Waals surface area contributed by atoms with Crippen LogP contribution < -0.4 is 0 Å². The minimum atomic E-state index is -1.11. The monoisotopic (exact) mass is 233 g/mol. The fraction of sp³-hybridized carbons (Fsp3) is 0.417. The highest BCUT2D eigenvalue weighted by Crippen LogP contribution is 2.44. The minimum Gasteiger partial charge on any atom is -0.446 e. The quantitative estimate of drug-likeness (QED) is 0.662. The number of aliphatic hydroxyl groups is 1. The fourth-order valence-corrected chi connectivity index (χ4v) is 2.55. The van der Waals surface area contributed by atoms with Crippen LogP contribution in [0.5, 0.6) is 0 Å². The van der Waals surface area contributed by atoms with E-state index in [4.69, 9.17) is 4.74 Å². The van der Waals surface area contributed by atoms with E-state index >= 15 is 0 Å². The Balaban J connectivity index is 2.11. The van der Waals surface area contributed by atoms with Crippen molar-refractivity contribution in [2.24, 2.45) is 0 Å². The van der Waals surface area contributed by atoms with Crippen molar-refractivity contribution < 1.29 is 19.4 Å². The first-order chi connectivity index (χ1) is 8.13. The third kappa shape index (κ3) is 1.32. The zero-order valence-electron chi connectivity index (χ0n) is 9.05. The van der Waals surface area contributed by atoms with Crippen molar-refractivity contribution in [2.75, 3.05) is 0 Å². The highest BCUT2D eigenvalue weighted by Gasteiger charge is 2.54. The van der Waals surface area contributed by atoms with Gasteiger partial charge >= 0.3 is 5.97 Å². The van der Waals surface area contributed by atoms with Crippen molar-refractivity contribution >= 4 is 11.8 Å². The number of aromatic nitrogens is 1. The van der Waals surface area contributed by atoms with Crippen molar-refractivity contribution in [1.29, 1.82) is 0 Å². The molecule has 0 bridgehead atoms. The van der Waals surface area contributed by atoms with Gasteiger partial charge in [0.15, 0.2) is 5.60 Å². The number of nitrogens with zero attached hydrogens (tertiary/aromatic N) is 1. The summed E-state index contributed by atoms with van der Waals surface area (Å²) in [6.07, 6.45) is 1.20. The van der Waals surface area contributed by atoms with Gasteiger partial charge in [-0.25, -0.2) is 4.79 Å². The summed E-state index contributed by atoms with van der Waals surface area (Å²) in [5.41, 5.74) is -0.257. The van der Waals surface area contributed by atoms with E-state index in [2.05, 4.69) is 4.98 Å². The molecule has 1 fully saturated rings. The van der Waals surface area contributed by atoms with E-state index < -0.39 is 17.7 Å². The molecule has 1 N–H and O–H groups in total. The van der Waals surface area contributed by atoms with Crippen LogP contribution in [-0.4, -0.2) is 27.9 Å². The summed E-state index contributed by atoms with van der Waals surface area (Å²) in [5.74, 6) is -0.481. The number of rotatable bonds is 0. The summed E-state index contributed by atoms with van der Waals surface area (Å²) < 4.78 is 5.32. The molecule has 0 amide bonds. The molecule has 0 saturated heterocycles. The molecule has 1 aromatic heterocycles. The number of carbonyl (C=O) groups is 2. The number of esters is 1. The normalized spacial score (nSPS) is 31.5.